The zero-order chi connectivity index (χ0) is 17.9. The summed E-state index contributed by atoms with van der Waals surface area (Å²) in [5.74, 6) is 0.570. The first kappa shape index (κ1) is 17.7. The van der Waals surface area contributed by atoms with Crippen LogP contribution in [0.2, 0.25) is 0 Å². The Balaban J connectivity index is 1.91. The van der Waals surface area contributed by atoms with Gasteiger partial charge in [-0.2, -0.15) is 0 Å². The molecule has 6 nitrogen and oxygen atoms in total. The van der Waals surface area contributed by atoms with Crippen LogP contribution >= 0.6 is 0 Å². The molecule has 134 valence electrons. The van der Waals surface area contributed by atoms with E-state index < -0.39 is 15.5 Å². The van der Waals surface area contributed by atoms with Gasteiger partial charge in [-0.1, -0.05) is 30.3 Å². The SMILES string of the molecule is CN(C)CCNCC1Oc2ccccc2N(c2ccccc2)S1(=O)=O. The summed E-state index contributed by atoms with van der Waals surface area (Å²) >= 11 is 0. The van der Waals surface area contributed by atoms with E-state index in [1.807, 2.05) is 49.3 Å². The van der Waals surface area contributed by atoms with Gasteiger partial charge >= 0.3 is 0 Å². The van der Waals surface area contributed by atoms with Gasteiger partial charge in [0, 0.05) is 19.6 Å². The number of hydrogen-bond donors (Lipinski definition) is 1. The van der Waals surface area contributed by atoms with Gasteiger partial charge < -0.3 is 15.0 Å². The van der Waals surface area contributed by atoms with E-state index in [9.17, 15) is 8.42 Å². The summed E-state index contributed by atoms with van der Waals surface area (Å²) in [6.45, 7) is 1.74. The number of ether oxygens (including phenoxy) is 1. The molecule has 0 amide bonds. The minimum absolute atomic E-state index is 0.230. The van der Waals surface area contributed by atoms with Crippen LogP contribution < -0.4 is 14.4 Å². The Morgan fingerprint density at radius 1 is 1.08 bits per heavy atom. The van der Waals surface area contributed by atoms with Crippen molar-refractivity contribution in [3.63, 3.8) is 0 Å². The summed E-state index contributed by atoms with van der Waals surface area (Å²) in [5, 5.41) is 3.17. The molecule has 1 aliphatic rings. The fraction of sp³-hybridized carbons (Fsp3) is 0.333. The molecule has 0 spiro atoms. The molecule has 2 aromatic carbocycles. The van der Waals surface area contributed by atoms with Crippen molar-refractivity contribution in [3.05, 3.63) is 54.6 Å². The Kier molecular flexibility index (Phi) is 5.27. The Morgan fingerprint density at radius 2 is 1.76 bits per heavy atom. The number of nitrogens with one attached hydrogen (secondary N) is 1. The number of anilines is 2. The molecule has 7 heteroatoms. The van der Waals surface area contributed by atoms with E-state index in [2.05, 4.69) is 5.32 Å². The second-order valence-corrected chi connectivity index (χ2v) is 8.09. The van der Waals surface area contributed by atoms with Crippen LogP contribution in [0.25, 0.3) is 0 Å². The summed E-state index contributed by atoms with van der Waals surface area (Å²) in [4.78, 5) is 2.04. The number of para-hydroxylation sites is 3. The number of hydrogen-bond acceptors (Lipinski definition) is 5. The van der Waals surface area contributed by atoms with Crippen LogP contribution in [0.5, 0.6) is 5.75 Å². The molecule has 0 saturated heterocycles. The van der Waals surface area contributed by atoms with E-state index in [-0.39, 0.29) is 6.54 Å². The van der Waals surface area contributed by atoms with E-state index in [0.717, 1.165) is 6.54 Å². The lowest BCUT2D eigenvalue weighted by atomic mass is 10.2. The van der Waals surface area contributed by atoms with Crippen LogP contribution in [0.3, 0.4) is 0 Å². The second kappa shape index (κ2) is 7.43. The maximum atomic E-state index is 13.2. The highest BCUT2D eigenvalue weighted by Crippen LogP contribution is 2.41. The van der Waals surface area contributed by atoms with Crippen LogP contribution in [0.4, 0.5) is 11.4 Å². The number of rotatable bonds is 6. The zero-order valence-corrected chi connectivity index (χ0v) is 15.2. The molecule has 1 unspecified atom stereocenters. The topological polar surface area (TPSA) is 61.9 Å². The van der Waals surface area contributed by atoms with E-state index in [1.54, 1.807) is 24.3 Å². The summed E-state index contributed by atoms with van der Waals surface area (Å²) in [5.41, 5.74) is 0.180. The first-order valence-electron chi connectivity index (χ1n) is 8.20. The number of fused-ring (bicyclic) bond motifs is 1. The molecule has 0 aromatic heterocycles. The quantitative estimate of drug-likeness (QED) is 0.798. The molecule has 1 aliphatic heterocycles. The molecule has 3 rings (SSSR count). The van der Waals surface area contributed by atoms with Gasteiger partial charge in [-0.25, -0.2) is 12.7 Å². The third-order valence-corrected chi connectivity index (χ3v) is 5.81. The maximum absolute atomic E-state index is 13.2. The average Bonchev–Trinajstić information content (AvgIpc) is 2.59. The Morgan fingerprint density at radius 3 is 2.48 bits per heavy atom. The summed E-state index contributed by atoms with van der Waals surface area (Å²) in [6.07, 6.45) is 0. The van der Waals surface area contributed by atoms with Crippen LogP contribution in [-0.4, -0.2) is 52.5 Å². The van der Waals surface area contributed by atoms with E-state index in [0.29, 0.717) is 23.7 Å². The molecular weight excluding hydrogens is 338 g/mol. The van der Waals surface area contributed by atoms with E-state index in [1.165, 1.54) is 4.31 Å². The molecule has 25 heavy (non-hydrogen) atoms. The van der Waals surface area contributed by atoms with Crippen molar-refractivity contribution < 1.29 is 13.2 Å². The van der Waals surface area contributed by atoms with Gasteiger partial charge in [-0.15, -0.1) is 0 Å². The summed E-state index contributed by atoms with van der Waals surface area (Å²) in [6, 6.07) is 16.3. The zero-order valence-electron chi connectivity index (χ0n) is 14.4. The maximum Gasteiger partial charge on any atom is 0.279 e. The Bertz CT molecular complexity index is 809. The summed E-state index contributed by atoms with van der Waals surface area (Å²) < 4.78 is 33.5. The van der Waals surface area contributed by atoms with Gasteiger partial charge in [0.15, 0.2) is 0 Å². The van der Waals surface area contributed by atoms with Crippen LogP contribution in [0, 0.1) is 0 Å². The van der Waals surface area contributed by atoms with Gasteiger partial charge in [0.05, 0.1) is 11.4 Å². The largest absolute Gasteiger partial charge is 0.469 e. The lowest BCUT2D eigenvalue weighted by molar-refractivity contribution is 0.260. The standard InChI is InChI=1S/C18H23N3O3S/c1-20(2)13-12-19-14-18-24-17-11-7-6-10-16(17)21(25(18,22)23)15-8-4-3-5-9-15/h3-11,18-19H,12-14H2,1-2H3. The van der Waals surface area contributed by atoms with Gasteiger partial charge in [0.25, 0.3) is 10.0 Å². The first-order chi connectivity index (χ1) is 12.0. The van der Waals surface area contributed by atoms with Crippen LogP contribution in [0.1, 0.15) is 0 Å². The highest BCUT2D eigenvalue weighted by molar-refractivity contribution is 7.93. The molecule has 0 fully saturated rings. The van der Waals surface area contributed by atoms with Crippen molar-refractivity contribution in [2.75, 3.05) is 38.0 Å². The summed E-state index contributed by atoms with van der Waals surface area (Å²) in [7, 11) is 0.254. The molecule has 0 saturated carbocycles. The number of likely N-dealkylation sites (N-methyl/N-ethyl adjacent to an activating group) is 1. The predicted molar refractivity (Wildman–Crippen MR) is 99.8 cm³/mol. The lowest BCUT2D eigenvalue weighted by Crippen LogP contribution is -2.48. The van der Waals surface area contributed by atoms with Crippen molar-refractivity contribution in [3.8, 4) is 5.75 Å². The van der Waals surface area contributed by atoms with Gasteiger partial charge in [0.2, 0.25) is 5.44 Å². The average molecular weight is 361 g/mol. The fourth-order valence-electron chi connectivity index (χ4n) is 2.70. The lowest BCUT2D eigenvalue weighted by Gasteiger charge is -2.35. The molecule has 0 radical (unpaired) electrons. The molecule has 2 aromatic rings. The molecule has 0 bridgehead atoms. The van der Waals surface area contributed by atoms with E-state index in [4.69, 9.17) is 4.74 Å². The molecule has 1 N–H and O–H groups in total. The Labute approximate surface area is 149 Å². The normalized spacial score (nSPS) is 18.7. The van der Waals surface area contributed by atoms with Gasteiger partial charge in [0.1, 0.15) is 5.75 Å². The number of nitrogens with zero attached hydrogens (tertiary/aromatic N) is 2. The van der Waals surface area contributed by atoms with Crippen molar-refractivity contribution in [1.82, 2.24) is 10.2 Å². The van der Waals surface area contributed by atoms with E-state index >= 15 is 0 Å². The minimum atomic E-state index is -3.70. The monoisotopic (exact) mass is 361 g/mol. The second-order valence-electron chi connectivity index (χ2n) is 6.17. The van der Waals surface area contributed by atoms with Gasteiger partial charge in [-0.05, 0) is 38.4 Å². The minimum Gasteiger partial charge on any atom is -0.469 e. The molecule has 0 aliphatic carbocycles. The molecule has 1 heterocycles. The van der Waals surface area contributed by atoms with Crippen molar-refractivity contribution >= 4 is 21.4 Å². The highest BCUT2D eigenvalue weighted by Gasteiger charge is 2.40. The number of benzene rings is 2. The fourth-order valence-corrected chi connectivity index (χ4v) is 4.33. The first-order valence-corrected chi connectivity index (χ1v) is 9.71. The molecule has 1 atom stereocenters. The van der Waals surface area contributed by atoms with Crippen LogP contribution in [0.15, 0.2) is 54.6 Å². The van der Waals surface area contributed by atoms with Crippen molar-refractivity contribution in [2.45, 2.75) is 5.44 Å². The highest BCUT2D eigenvalue weighted by atomic mass is 32.2. The predicted octanol–water partition coefficient (Wildman–Crippen LogP) is 2.02. The van der Waals surface area contributed by atoms with Crippen molar-refractivity contribution in [1.29, 1.82) is 0 Å². The Hall–Kier alpha value is -2.09. The smallest absolute Gasteiger partial charge is 0.279 e. The third kappa shape index (κ3) is 3.78. The van der Waals surface area contributed by atoms with Crippen molar-refractivity contribution in [2.24, 2.45) is 0 Å². The molecular formula is C18H23N3O3S. The number of sulfonamides is 1. The van der Waals surface area contributed by atoms with Gasteiger partial charge in [-0.3, -0.25) is 0 Å². The van der Waals surface area contributed by atoms with Crippen LogP contribution in [-0.2, 0) is 10.0 Å². The third-order valence-electron chi connectivity index (χ3n) is 3.97.